The molecule has 1 saturated carbocycles. The molecule has 20 heavy (non-hydrogen) atoms. The zero-order valence-electron chi connectivity index (χ0n) is 12.2. The van der Waals surface area contributed by atoms with E-state index in [1.807, 2.05) is 0 Å². The number of imidazole rings is 1. The van der Waals surface area contributed by atoms with Crippen LogP contribution in [0.3, 0.4) is 0 Å². The van der Waals surface area contributed by atoms with Gasteiger partial charge in [0.1, 0.15) is 11.6 Å². The highest BCUT2D eigenvalue weighted by atomic mass is 19.1. The molecule has 0 aliphatic heterocycles. The van der Waals surface area contributed by atoms with Gasteiger partial charge in [0.15, 0.2) is 0 Å². The maximum absolute atomic E-state index is 13.5. The van der Waals surface area contributed by atoms with Gasteiger partial charge in [-0.3, -0.25) is 0 Å². The molecule has 2 N–H and O–H groups in total. The van der Waals surface area contributed by atoms with Gasteiger partial charge in [0.05, 0.1) is 11.0 Å². The number of aromatic nitrogens is 2. The van der Waals surface area contributed by atoms with Crippen LogP contribution in [0.25, 0.3) is 11.0 Å². The average molecular weight is 275 g/mol. The van der Waals surface area contributed by atoms with Crippen molar-refractivity contribution in [2.45, 2.75) is 57.5 Å². The minimum Gasteiger partial charge on any atom is -0.328 e. The Labute approximate surface area is 119 Å². The molecule has 4 heteroatoms. The van der Waals surface area contributed by atoms with E-state index in [0.717, 1.165) is 36.2 Å². The summed E-state index contributed by atoms with van der Waals surface area (Å²) in [6.45, 7) is 5.07. The van der Waals surface area contributed by atoms with E-state index in [1.165, 1.54) is 18.9 Å². The molecule has 1 aliphatic carbocycles. The van der Waals surface area contributed by atoms with Crippen LogP contribution in [0.1, 0.15) is 45.4 Å². The van der Waals surface area contributed by atoms with Gasteiger partial charge < -0.3 is 10.3 Å². The van der Waals surface area contributed by atoms with Crippen molar-refractivity contribution in [1.82, 2.24) is 9.55 Å². The van der Waals surface area contributed by atoms with E-state index in [9.17, 15) is 4.39 Å². The summed E-state index contributed by atoms with van der Waals surface area (Å²) in [7, 11) is 0. The van der Waals surface area contributed by atoms with Gasteiger partial charge in [-0.15, -0.1) is 0 Å². The molecule has 0 bridgehead atoms. The van der Waals surface area contributed by atoms with Gasteiger partial charge >= 0.3 is 0 Å². The number of fused-ring (bicyclic) bond motifs is 1. The van der Waals surface area contributed by atoms with Crippen LogP contribution in [0.4, 0.5) is 4.39 Å². The highest BCUT2D eigenvalue weighted by Gasteiger charge is 2.39. The van der Waals surface area contributed by atoms with Crippen molar-refractivity contribution in [2.75, 3.05) is 0 Å². The second-order valence-corrected chi connectivity index (χ2v) is 6.08. The maximum Gasteiger partial charge on any atom is 0.125 e. The first-order valence-corrected chi connectivity index (χ1v) is 7.48. The lowest BCUT2D eigenvalue weighted by Crippen LogP contribution is -2.47. The molecule has 1 aromatic carbocycles. The van der Waals surface area contributed by atoms with Gasteiger partial charge in [0.2, 0.25) is 0 Å². The third kappa shape index (κ3) is 1.94. The number of halogens is 1. The van der Waals surface area contributed by atoms with E-state index in [0.29, 0.717) is 0 Å². The number of benzene rings is 1. The Kier molecular flexibility index (Phi) is 3.28. The van der Waals surface area contributed by atoms with E-state index < -0.39 is 0 Å². The Morgan fingerprint density at radius 1 is 1.45 bits per heavy atom. The molecular weight excluding hydrogens is 253 g/mol. The number of hydrogen-bond donors (Lipinski definition) is 1. The third-order valence-electron chi connectivity index (χ3n) is 4.82. The van der Waals surface area contributed by atoms with Crippen molar-refractivity contribution < 1.29 is 4.39 Å². The molecule has 3 nitrogen and oxygen atoms in total. The Morgan fingerprint density at radius 3 is 2.95 bits per heavy atom. The van der Waals surface area contributed by atoms with E-state index in [4.69, 9.17) is 10.7 Å². The van der Waals surface area contributed by atoms with Crippen LogP contribution in [0.5, 0.6) is 0 Å². The van der Waals surface area contributed by atoms with E-state index in [1.54, 1.807) is 12.1 Å². The van der Waals surface area contributed by atoms with Crippen LogP contribution in [-0.2, 0) is 12.0 Å². The van der Waals surface area contributed by atoms with Crippen LogP contribution < -0.4 is 5.73 Å². The summed E-state index contributed by atoms with van der Waals surface area (Å²) in [5.74, 6) is 0.810. The fraction of sp³-hybridized carbons (Fsp3) is 0.562. The Bertz CT molecular complexity index is 634. The van der Waals surface area contributed by atoms with Crippen molar-refractivity contribution in [3.63, 3.8) is 0 Å². The number of nitrogens with zero attached hydrogens (tertiary/aromatic N) is 2. The summed E-state index contributed by atoms with van der Waals surface area (Å²) >= 11 is 0. The summed E-state index contributed by atoms with van der Waals surface area (Å²) in [5, 5.41) is 0. The molecule has 0 radical (unpaired) electrons. The zero-order valence-corrected chi connectivity index (χ0v) is 12.2. The molecule has 0 saturated heterocycles. The number of aryl methyl sites for hydroxylation is 1. The highest BCUT2D eigenvalue weighted by molar-refractivity contribution is 5.76. The Hall–Kier alpha value is -1.42. The van der Waals surface area contributed by atoms with Crippen molar-refractivity contribution in [1.29, 1.82) is 0 Å². The molecule has 2 aromatic rings. The molecule has 3 rings (SSSR count). The van der Waals surface area contributed by atoms with Gasteiger partial charge in [-0.25, -0.2) is 9.37 Å². The number of nitrogens with two attached hydrogens (primary N) is 1. The molecule has 2 unspecified atom stereocenters. The molecule has 0 spiro atoms. The standard InChI is InChI=1S/C16H22FN3/c1-3-20-13-10-11(17)7-8-12(13)19-15(20)16(2)9-5-4-6-14(16)18/h7-8,10,14H,3-6,9,18H2,1-2H3. The quantitative estimate of drug-likeness (QED) is 0.913. The molecule has 1 heterocycles. The predicted molar refractivity (Wildman–Crippen MR) is 79.2 cm³/mol. The van der Waals surface area contributed by atoms with Gasteiger partial charge in [0, 0.05) is 18.0 Å². The second-order valence-electron chi connectivity index (χ2n) is 6.08. The van der Waals surface area contributed by atoms with E-state index >= 15 is 0 Å². The third-order valence-corrected chi connectivity index (χ3v) is 4.82. The highest BCUT2D eigenvalue weighted by Crippen LogP contribution is 2.39. The minimum absolute atomic E-state index is 0.107. The number of rotatable bonds is 2. The normalized spacial score (nSPS) is 27.1. The summed E-state index contributed by atoms with van der Waals surface area (Å²) in [6.07, 6.45) is 4.47. The van der Waals surface area contributed by atoms with Crippen molar-refractivity contribution in [3.05, 3.63) is 29.8 Å². The van der Waals surface area contributed by atoms with E-state index in [-0.39, 0.29) is 17.3 Å². The van der Waals surface area contributed by atoms with Gasteiger partial charge in [0.25, 0.3) is 0 Å². The Morgan fingerprint density at radius 2 is 2.25 bits per heavy atom. The summed E-state index contributed by atoms with van der Waals surface area (Å²) < 4.78 is 15.6. The van der Waals surface area contributed by atoms with Gasteiger partial charge in [-0.2, -0.15) is 0 Å². The maximum atomic E-state index is 13.5. The monoisotopic (exact) mass is 275 g/mol. The minimum atomic E-state index is -0.211. The lowest BCUT2D eigenvalue weighted by atomic mass is 9.71. The Balaban J connectivity index is 2.20. The summed E-state index contributed by atoms with van der Waals surface area (Å²) in [4.78, 5) is 4.79. The predicted octanol–water partition coefficient (Wildman–Crippen LogP) is 3.35. The lowest BCUT2D eigenvalue weighted by molar-refractivity contribution is 0.252. The SMILES string of the molecule is CCn1c(C2(C)CCCCC2N)nc2ccc(F)cc21. The molecule has 1 aromatic heterocycles. The fourth-order valence-corrected chi connectivity index (χ4v) is 3.49. The molecule has 1 aliphatic rings. The van der Waals surface area contributed by atoms with Crippen molar-refractivity contribution in [2.24, 2.45) is 5.73 Å². The van der Waals surface area contributed by atoms with Crippen molar-refractivity contribution in [3.8, 4) is 0 Å². The van der Waals surface area contributed by atoms with Crippen molar-refractivity contribution >= 4 is 11.0 Å². The topological polar surface area (TPSA) is 43.8 Å². The number of hydrogen-bond acceptors (Lipinski definition) is 2. The first-order valence-electron chi connectivity index (χ1n) is 7.48. The van der Waals surface area contributed by atoms with Gasteiger partial charge in [-0.1, -0.05) is 19.8 Å². The molecule has 0 amide bonds. The van der Waals surface area contributed by atoms with Crippen LogP contribution in [0.15, 0.2) is 18.2 Å². The molecule has 108 valence electrons. The van der Waals surface area contributed by atoms with Crippen LogP contribution in [0, 0.1) is 5.82 Å². The molecular formula is C16H22FN3. The lowest BCUT2D eigenvalue weighted by Gasteiger charge is -2.39. The largest absolute Gasteiger partial charge is 0.328 e. The van der Waals surface area contributed by atoms with Gasteiger partial charge in [-0.05, 0) is 38.0 Å². The zero-order chi connectivity index (χ0) is 14.3. The first-order chi connectivity index (χ1) is 9.56. The van der Waals surface area contributed by atoms with E-state index in [2.05, 4.69) is 18.4 Å². The van der Waals surface area contributed by atoms with Crippen LogP contribution >= 0.6 is 0 Å². The summed E-state index contributed by atoms with van der Waals surface area (Å²) in [6, 6.07) is 4.94. The average Bonchev–Trinajstić information content (AvgIpc) is 2.80. The summed E-state index contributed by atoms with van der Waals surface area (Å²) in [5.41, 5.74) is 8.03. The molecule has 2 atom stereocenters. The fourth-order valence-electron chi connectivity index (χ4n) is 3.49. The first kappa shape index (κ1) is 13.6. The van der Waals surface area contributed by atoms with Crippen LogP contribution in [0.2, 0.25) is 0 Å². The smallest absolute Gasteiger partial charge is 0.125 e. The second kappa shape index (κ2) is 4.85. The molecule has 1 fully saturated rings. The van der Waals surface area contributed by atoms with Crippen LogP contribution in [-0.4, -0.2) is 15.6 Å².